The van der Waals surface area contributed by atoms with Crippen LogP contribution in [0, 0.1) is 0 Å². The van der Waals surface area contributed by atoms with Crippen LogP contribution in [0.3, 0.4) is 0 Å². The topological polar surface area (TPSA) is 80.7 Å². The second-order valence-corrected chi connectivity index (χ2v) is 8.43. The first kappa shape index (κ1) is 20.2. The fraction of sp³-hybridized carbons (Fsp3) is 0.136. The lowest BCUT2D eigenvalue weighted by Crippen LogP contribution is -2.24. The molecule has 1 N–H and O–H groups in total. The second-order valence-electron chi connectivity index (χ2n) is 6.40. The Labute approximate surface area is 182 Å². The molecule has 4 aromatic rings. The Morgan fingerprint density at radius 1 is 1.00 bits per heavy atom. The molecule has 2 aromatic carbocycles. The number of hydrogen-bond donors (Lipinski definition) is 1. The summed E-state index contributed by atoms with van der Waals surface area (Å²) in [5.74, 6) is -0.118. The van der Waals surface area contributed by atoms with E-state index in [0.717, 1.165) is 16.8 Å². The minimum atomic E-state index is -0.335. The molecule has 0 bridgehead atoms. The maximum atomic E-state index is 12.7. The van der Waals surface area contributed by atoms with Gasteiger partial charge in [-0.15, -0.1) is 21.5 Å². The Bertz CT molecular complexity index is 1100. The lowest BCUT2D eigenvalue weighted by Gasteiger charge is -2.12. The molecule has 0 aliphatic heterocycles. The SMILES string of the molecule is CC[C@@H](Sc1ncc(-c2ccccc2)nn1)C(=O)Nc1nc(-c2ccccc2)cs1. The Kier molecular flexibility index (Phi) is 6.46. The van der Waals surface area contributed by atoms with E-state index in [0.29, 0.717) is 22.4 Å². The largest absolute Gasteiger partial charge is 0.301 e. The highest BCUT2D eigenvalue weighted by molar-refractivity contribution is 8.00. The third kappa shape index (κ3) is 4.90. The fourth-order valence-corrected chi connectivity index (χ4v) is 4.28. The summed E-state index contributed by atoms with van der Waals surface area (Å²) in [5.41, 5.74) is 3.53. The standard InChI is InChI=1S/C22H19N5OS2/c1-2-19(30-21-23-13-17(26-27-21)15-9-5-3-6-10-15)20(28)25-22-24-18(14-29-22)16-11-7-4-8-12-16/h3-14,19H,2H2,1H3,(H,24,25,28)/t19-/m1/s1. The van der Waals surface area contributed by atoms with Crippen molar-refractivity contribution in [2.24, 2.45) is 0 Å². The highest BCUT2D eigenvalue weighted by atomic mass is 32.2. The summed E-state index contributed by atoms with van der Waals surface area (Å²) >= 11 is 2.71. The molecule has 2 heterocycles. The number of thioether (sulfide) groups is 1. The number of carbonyl (C=O) groups excluding carboxylic acids is 1. The normalized spacial score (nSPS) is 11.8. The molecule has 0 saturated heterocycles. The summed E-state index contributed by atoms with van der Waals surface area (Å²) in [6, 6.07) is 19.6. The van der Waals surface area contributed by atoms with E-state index in [9.17, 15) is 4.79 Å². The molecule has 1 amide bonds. The first-order chi connectivity index (χ1) is 14.7. The van der Waals surface area contributed by atoms with Crippen molar-refractivity contribution < 1.29 is 4.79 Å². The van der Waals surface area contributed by atoms with Gasteiger partial charge in [0.2, 0.25) is 11.1 Å². The van der Waals surface area contributed by atoms with Crippen molar-refractivity contribution in [1.29, 1.82) is 0 Å². The zero-order valence-corrected chi connectivity index (χ0v) is 17.9. The van der Waals surface area contributed by atoms with Crippen molar-refractivity contribution in [2.75, 3.05) is 5.32 Å². The van der Waals surface area contributed by atoms with Gasteiger partial charge in [-0.2, -0.15) is 0 Å². The Balaban J connectivity index is 1.40. The molecule has 8 heteroatoms. The molecule has 1 atom stereocenters. The van der Waals surface area contributed by atoms with Gasteiger partial charge in [-0.25, -0.2) is 9.97 Å². The first-order valence-corrected chi connectivity index (χ1v) is 11.2. The van der Waals surface area contributed by atoms with Crippen LogP contribution in [0.5, 0.6) is 0 Å². The van der Waals surface area contributed by atoms with Gasteiger partial charge in [-0.05, 0) is 6.42 Å². The fourth-order valence-electron chi connectivity index (χ4n) is 2.77. The summed E-state index contributed by atoms with van der Waals surface area (Å²) in [5, 5.41) is 14.0. The molecular weight excluding hydrogens is 414 g/mol. The smallest absolute Gasteiger partial charge is 0.239 e. The average Bonchev–Trinajstić information content (AvgIpc) is 3.27. The Morgan fingerprint density at radius 2 is 1.67 bits per heavy atom. The third-order valence-electron chi connectivity index (χ3n) is 4.32. The van der Waals surface area contributed by atoms with E-state index in [1.807, 2.05) is 73.0 Å². The van der Waals surface area contributed by atoms with Crippen LogP contribution in [0.25, 0.3) is 22.5 Å². The van der Waals surface area contributed by atoms with Gasteiger partial charge in [-0.3, -0.25) is 4.79 Å². The summed E-state index contributed by atoms with van der Waals surface area (Å²) in [7, 11) is 0. The van der Waals surface area contributed by atoms with Gasteiger partial charge >= 0.3 is 0 Å². The highest BCUT2D eigenvalue weighted by Crippen LogP contribution is 2.27. The van der Waals surface area contributed by atoms with Crippen molar-refractivity contribution in [3.05, 3.63) is 72.2 Å². The summed E-state index contributed by atoms with van der Waals surface area (Å²) in [6.07, 6.45) is 2.32. The quantitative estimate of drug-likeness (QED) is 0.405. The second kappa shape index (κ2) is 9.60. The van der Waals surface area contributed by atoms with Crippen LogP contribution in [-0.2, 0) is 4.79 Å². The van der Waals surface area contributed by atoms with Crippen LogP contribution in [0.1, 0.15) is 13.3 Å². The number of nitrogens with zero attached hydrogens (tertiary/aromatic N) is 4. The Hall–Kier alpha value is -3.10. The van der Waals surface area contributed by atoms with Gasteiger partial charge < -0.3 is 5.32 Å². The molecular formula is C22H19N5OS2. The van der Waals surface area contributed by atoms with E-state index < -0.39 is 0 Å². The lowest BCUT2D eigenvalue weighted by atomic mass is 10.2. The van der Waals surface area contributed by atoms with Crippen LogP contribution in [-0.4, -0.2) is 31.3 Å². The molecule has 0 radical (unpaired) electrons. The number of aromatic nitrogens is 4. The van der Waals surface area contributed by atoms with Crippen molar-refractivity contribution in [2.45, 2.75) is 23.8 Å². The zero-order chi connectivity index (χ0) is 20.8. The van der Waals surface area contributed by atoms with E-state index in [-0.39, 0.29) is 11.2 Å². The van der Waals surface area contributed by atoms with Crippen molar-refractivity contribution in [3.63, 3.8) is 0 Å². The summed E-state index contributed by atoms with van der Waals surface area (Å²) < 4.78 is 0. The van der Waals surface area contributed by atoms with E-state index in [1.54, 1.807) is 6.20 Å². The van der Waals surface area contributed by atoms with Crippen LogP contribution >= 0.6 is 23.1 Å². The number of anilines is 1. The summed E-state index contributed by atoms with van der Waals surface area (Å²) in [6.45, 7) is 1.96. The molecule has 0 aliphatic carbocycles. The van der Waals surface area contributed by atoms with Crippen molar-refractivity contribution >= 4 is 34.1 Å². The third-order valence-corrected chi connectivity index (χ3v) is 6.31. The number of rotatable bonds is 7. The van der Waals surface area contributed by atoms with Crippen LogP contribution in [0.4, 0.5) is 5.13 Å². The molecule has 2 aromatic heterocycles. The molecule has 6 nitrogen and oxygen atoms in total. The minimum absolute atomic E-state index is 0.118. The molecule has 30 heavy (non-hydrogen) atoms. The predicted octanol–water partition coefficient (Wildman–Crippen LogP) is 5.17. The highest BCUT2D eigenvalue weighted by Gasteiger charge is 2.21. The van der Waals surface area contributed by atoms with Gasteiger partial charge in [0.1, 0.15) is 5.69 Å². The monoisotopic (exact) mass is 433 g/mol. The van der Waals surface area contributed by atoms with E-state index >= 15 is 0 Å². The molecule has 0 fully saturated rings. The van der Waals surface area contributed by atoms with Gasteiger partial charge in [0.15, 0.2) is 5.13 Å². The van der Waals surface area contributed by atoms with Gasteiger partial charge in [0.05, 0.1) is 17.1 Å². The predicted molar refractivity (Wildman–Crippen MR) is 121 cm³/mol. The van der Waals surface area contributed by atoms with E-state index in [1.165, 1.54) is 23.1 Å². The summed E-state index contributed by atoms with van der Waals surface area (Å²) in [4.78, 5) is 21.6. The van der Waals surface area contributed by atoms with Gasteiger partial charge in [0, 0.05) is 16.5 Å². The van der Waals surface area contributed by atoms with Crippen LogP contribution in [0.15, 0.2) is 77.4 Å². The molecule has 0 aliphatic rings. The zero-order valence-electron chi connectivity index (χ0n) is 16.2. The van der Waals surface area contributed by atoms with Gasteiger partial charge in [-0.1, -0.05) is 79.3 Å². The van der Waals surface area contributed by atoms with E-state index in [2.05, 4.69) is 25.5 Å². The lowest BCUT2D eigenvalue weighted by molar-refractivity contribution is -0.115. The average molecular weight is 434 g/mol. The maximum absolute atomic E-state index is 12.7. The minimum Gasteiger partial charge on any atom is -0.301 e. The number of thiazole rings is 1. The number of carbonyl (C=O) groups is 1. The van der Waals surface area contributed by atoms with E-state index in [4.69, 9.17) is 0 Å². The van der Waals surface area contributed by atoms with Crippen molar-refractivity contribution in [3.8, 4) is 22.5 Å². The van der Waals surface area contributed by atoms with Crippen LogP contribution in [0.2, 0.25) is 0 Å². The Morgan fingerprint density at radius 3 is 2.27 bits per heavy atom. The number of hydrogen-bond acceptors (Lipinski definition) is 7. The number of nitrogens with one attached hydrogen (secondary N) is 1. The molecule has 0 unspecified atom stereocenters. The van der Waals surface area contributed by atoms with Gasteiger partial charge in [0.25, 0.3) is 0 Å². The maximum Gasteiger partial charge on any atom is 0.239 e. The first-order valence-electron chi connectivity index (χ1n) is 9.46. The van der Waals surface area contributed by atoms with Crippen molar-refractivity contribution in [1.82, 2.24) is 20.2 Å². The van der Waals surface area contributed by atoms with Crippen LogP contribution < -0.4 is 5.32 Å². The molecule has 150 valence electrons. The molecule has 0 saturated carbocycles. The molecule has 0 spiro atoms. The number of amides is 1. The number of benzene rings is 2. The molecule has 4 rings (SSSR count).